The molecule has 1 aliphatic carbocycles. The van der Waals surface area contributed by atoms with Gasteiger partial charge in [0.05, 0.1) is 25.8 Å². The van der Waals surface area contributed by atoms with Crippen LogP contribution >= 0.6 is 0 Å². The smallest absolute Gasteiger partial charge is 0.252 e. The molecule has 0 radical (unpaired) electrons. The Morgan fingerprint density at radius 1 is 1.22 bits per heavy atom. The number of nitrogens with two attached hydrogens (primary N) is 1. The summed E-state index contributed by atoms with van der Waals surface area (Å²) in [4.78, 5) is 35.3. The van der Waals surface area contributed by atoms with Crippen molar-refractivity contribution >= 4 is 17.7 Å². The quantitative estimate of drug-likeness (QED) is 0.320. The number of aliphatic hydroxyl groups excluding tert-OH is 2. The van der Waals surface area contributed by atoms with Gasteiger partial charge in [-0.3, -0.25) is 14.4 Å². The molecule has 0 aromatic heterocycles. The maximum atomic E-state index is 12.4. The summed E-state index contributed by atoms with van der Waals surface area (Å²) >= 11 is 0. The number of methoxy groups -OCH3 is 1. The molecule has 1 fully saturated rings. The van der Waals surface area contributed by atoms with E-state index in [9.17, 15) is 29.7 Å². The molecule has 3 amide bonds. The molecular weight excluding hydrogens is 358 g/mol. The van der Waals surface area contributed by atoms with Crippen LogP contribution in [0.2, 0.25) is 0 Å². The van der Waals surface area contributed by atoms with E-state index in [0.717, 1.165) is 0 Å². The second kappa shape index (κ2) is 8.33. The SMILES string of the molecule is COc1ccc(C(=O)NC2CC(O)(C(=O)NCC(N)=O)CC(O)C2O)cc1. The van der Waals surface area contributed by atoms with Crippen LogP contribution in [0.3, 0.4) is 0 Å². The van der Waals surface area contributed by atoms with Gasteiger partial charge in [-0.2, -0.15) is 0 Å². The molecule has 0 bridgehead atoms. The molecule has 4 unspecified atom stereocenters. The van der Waals surface area contributed by atoms with Crippen molar-refractivity contribution in [2.45, 2.75) is 36.7 Å². The van der Waals surface area contributed by atoms with Crippen LogP contribution in [0.15, 0.2) is 24.3 Å². The van der Waals surface area contributed by atoms with Crippen LogP contribution in [0.4, 0.5) is 0 Å². The minimum absolute atomic E-state index is 0.268. The van der Waals surface area contributed by atoms with Gasteiger partial charge in [0.25, 0.3) is 11.8 Å². The summed E-state index contributed by atoms with van der Waals surface area (Å²) in [5.41, 5.74) is 3.14. The molecular formula is C17H23N3O7. The molecule has 0 saturated heterocycles. The second-order valence-electron chi connectivity index (χ2n) is 6.46. The Bertz CT molecular complexity index is 709. The largest absolute Gasteiger partial charge is 0.497 e. The molecule has 148 valence electrons. The lowest BCUT2D eigenvalue weighted by Gasteiger charge is -2.41. The van der Waals surface area contributed by atoms with Crippen LogP contribution in [0.25, 0.3) is 0 Å². The van der Waals surface area contributed by atoms with E-state index in [-0.39, 0.29) is 12.0 Å². The first-order chi connectivity index (χ1) is 12.7. The van der Waals surface area contributed by atoms with Crippen molar-refractivity contribution in [2.24, 2.45) is 5.73 Å². The molecule has 2 rings (SSSR count). The van der Waals surface area contributed by atoms with Crippen molar-refractivity contribution in [1.82, 2.24) is 10.6 Å². The van der Waals surface area contributed by atoms with E-state index in [1.54, 1.807) is 12.1 Å². The number of rotatable bonds is 6. The molecule has 10 nitrogen and oxygen atoms in total. The summed E-state index contributed by atoms with van der Waals surface area (Å²) in [5, 5.41) is 35.4. The predicted molar refractivity (Wildman–Crippen MR) is 92.6 cm³/mol. The average Bonchev–Trinajstić information content (AvgIpc) is 2.63. The monoisotopic (exact) mass is 381 g/mol. The number of carbonyl (C=O) groups excluding carboxylic acids is 3. The molecule has 1 aromatic carbocycles. The molecule has 1 saturated carbocycles. The van der Waals surface area contributed by atoms with E-state index >= 15 is 0 Å². The zero-order valence-corrected chi connectivity index (χ0v) is 14.7. The Labute approximate surface area is 155 Å². The maximum absolute atomic E-state index is 12.4. The van der Waals surface area contributed by atoms with Crippen LogP contribution in [0, 0.1) is 0 Å². The minimum atomic E-state index is -2.08. The topological polar surface area (TPSA) is 171 Å². The third kappa shape index (κ3) is 4.94. The highest BCUT2D eigenvalue weighted by atomic mass is 16.5. The van der Waals surface area contributed by atoms with Crippen LogP contribution in [-0.2, 0) is 9.59 Å². The van der Waals surface area contributed by atoms with Gasteiger partial charge in [0, 0.05) is 18.4 Å². The first kappa shape index (κ1) is 20.6. The second-order valence-corrected chi connectivity index (χ2v) is 6.46. The van der Waals surface area contributed by atoms with E-state index in [4.69, 9.17) is 10.5 Å². The Hall–Kier alpha value is -2.69. The van der Waals surface area contributed by atoms with Gasteiger partial charge in [-0.25, -0.2) is 0 Å². The van der Waals surface area contributed by atoms with E-state index < -0.39 is 54.5 Å². The molecule has 27 heavy (non-hydrogen) atoms. The van der Waals surface area contributed by atoms with Crippen molar-refractivity contribution in [3.63, 3.8) is 0 Å². The predicted octanol–water partition coefficient (Wildman–Crippen LogP) is -2.36. The number of amides is 3. The summed E-state index contributed by atoms with van der Waals surface area (Å²) in [6.45, 7) is -0.483. The van der Waals surface area contributed by atoms with E-state index in [0.29, 0.717) is 5.75 Å². The van der Waals surface area contributed by atoms with Gasteiger partial charge in [-0.1, -0.05) is 0 Å². The lowest BCUT2D eigenvalue weighted by atomic mass is 9.77. The van der Waals surface area contributed by atoms with E-state index in [1.165, 1.54) is 19.2 Å². The Morgan fingerprint density at radius 2 is 1.85 bits per heavy atom. The number of hydrogen-bond acceptors (Lipinski definition) is 7. The summed E-state index contributed by atoms with van der Waals surface area (Å²) in [6.07, 6.45) is -3.63. The van der Waals surface area contributed by atoms with Crippen molar-refractivity contribution in [3.05, 3.63) is 29.8 Å². The standard InChI is InChI=1S/C17H23N3O7/c1-27-10-4-2-9(3-5-10)15(24)20-11-6-17(26,7-12(21)14(11)23)16(25)19-8-13(18)22/h2-5,11-12,14,21,23,26H,6-8H2,1H3,(H2,18,22)(H,19,25)(H,20,24). The van der Waals surface area contributed by atoms with Gasteiger partial charge in [0.1, 0.15) is 17.5 Å². The molecule has 0 aliphatic heterocycles. The van der Waals surface area contributed by atoms with E-state index in [2.05, 4.69) is 10.6 Å². The first-order valence-electron chi connectivity index (χ1n) is 8.26. The highest BCUT2D eigenvalue weighted by molar-refractivity contribution is 5.95. The normalized spacial score (nSPS) is 27.5. The summed E-state index contributed by atoms with van der Waals surface area (Å²) < 4.78 is 5.01. The van der Waals surface area contributed by atoms with Gasteiger partial charge in [-0.05, 0) is 24.3 Å². The lowest BCUT2D eigenvalue weighted by molar-refractivity contribution is -0.158. The van der Waals surface area contributed by atoms with Gasteiger partial charge in [-0.15, -0.1) is 0 Å². The third-order valence-electron chi connectivity index (χ3n) is 4.43. The number of primary amides is 1. The van der Waals surface area contributed by atoms with Crippen LogP contribution < -0.4 is 21.1 Å². The van der Waals surface area contributed by atoms with Gasteiger partial charge in [0.15, 0.2) is 0 Å². The number of benzene rings is 1. The van der Waals surface area contributed by atoms with Crippen LogP contribution in [0.1, 0.15) is 23.2 Å². The Balaban J connectivity index is 2.10. The minimum Gasteiger partial charge on any atom is -0.497 e. The lowest BCUT2D eigenvalue weighted by Crippen LogP contribution is -2.63. The number of ether oxygens (including phenoxy) is 1. The number of aliphatic hydroxyl groups is 3. The summed E-state index contributed by atoms with van der Waals surface area (Å²) in [5.74, 6) is -1.72. The molecule has 0 heterocycles. The Kier molecular flexibility index (Phi) is 6.37. The summed E-state index contributed by atoms with van der Waals surface area (Å²) in [7, 11) is 1.49. The zero-order valence-electron chi connectivity index (χ0n) is 14.7. The molecule has 10 heteroatoms. The zero-order chi connectivity index (χ0) is 20.2. The molecule has 4 atom stereocenters. The molecule has 1 aliphatic rings. The average molecular weight is 381 g/mol. The number of hydrogen-bond donors (Lipinski definition) is 6. The highest BCUT2D eigenvalue weighted by Crippen LogP contribution is 2.30. The van der Waals surface area contributed by atoms with Crippen molar-refractivity contribution in [1.29, 1.82) is 0 Å². The maximum Gasteiger partial charge on any atom is 0.252 e. The molecule has 7 N–H and O–H groups in total. The van der Waals surface area contributed by atoms with Crippen molar-refractivity contribution in [3.8, 4) is 5.75 Å². The van der Waals surface area contributed by atoms with Crippen molar-refractivity contribution < 1.29 is 34.4 Å². The van der Waals surface area contributed by atoms with Crippen molar-refractivity contribution in [2.75, 3.05) is 13.7 Å². The Morgan fingerprint density at radius 3 is 2.41 bits per heavy atom. The van der Waals surface area contributed by atoms with Gasteiger partial charge < -0.3 is 36.4 Å². The fourth-order valence-corrected chi connectivity index (χ4v) is 2.95. The number of carbonyl (C=O) groups is 3. The molecule has 1 aromatic rings. The van der Waals surface area contributed by atoms with Gasteiger partial charge in [0.2, 0.25) is 5.91 Å². The summed E-state index contributed by atoms with van der Waals surface area (Å²) in [6, 6.07) is 5.08. The fourth-order valence-electron chi connectivity index (χ4n) is 2.95. The first-order valence-corrected chi connectivity index (χ1v) is 8.26. The number of nitrogens with one attached hydrogen (secondary N) is 2. The highest BCUT2D eigenvalue weighted by Gasteiger charge is 2.49. The third-order valence-corrected chi connectivity index (χ3v) is 4.43. The fraction of sp³-hybridized carbons (Fsp3) is 0.471. The van der Waals surface area contributed by atoms with Crippen LogP contribution in [-0.4, -0.2) is 70.5 Å². The van der Waals surface area contributed by atoms with Gasteiger partial charge >= 0.3 is 0 Å². The molecule has 0 spiro atoms. The van der Waals surface area contributed by atoms with E-state index in [1.807, 2.05) is 0 Å². The van der Waals surface area contributed by atoms with Crippen LogP contribution in [0.5, 0.6) is 5.75 Å².